The number of benzene rings is 1. The minimum atomic E-state index is 0.448. The lowest BCUT2D eigenvalue weighted by molar-refractivity contribution is 0.211. The van der Waals surface area contributed by atoms with Gasteiger partial charge in [0.1, 0.15) is 5.69 Å². The van der Waals surface area contributed by atoms with E-state index in [0.29, 0.717) is 11.9 Å². The lowest BCUT2D eigenvalue weighted by Gasteiger charge is -2.33. The number of rotatable bonds is 6. The van der Waals surface area contributed by atoms with E-state index in [1.165, 1.54) is 5.56 Å². The molecule has 2 heterocycles. The average Bonchev–Trinajstić information content (AvgIpc) is 2.64. The van der Waals surface area contributed by atoms with Gasteiger partial charge in [0.15, 0.2) is 0 Å². The summed E-state index contributed by atoms with van der Waals surface area (Å²) in [5, 5.41) is 3.68. The number of hydrogen-bond donors (Lipinski definition) is 1. The monoisotopic (exact) mass is 340 g/mol. The van der Waals surface area contributed by atoms with Gasteiger partial charge in [-0.15, -0.1) is 0 Å². The van der Waals surface area contributed by atoms with Gasteiger partial charge < -0.3 is 15.0 Å². The number of nitrogens with zero attached hydrogens (tertiary/aromatic N) is 3. The second-order valence-electron chi connectivity index (χ2n) is 6.79. The van der Waals surface area contributed by atoms with Crippen LogP contribution in [0.2, 0.25) is 0 Å². The molecule has 1 aromatic carbocycles. The van der Waals surface area contributed by atoms with Gasteiger partial charge in [0.05, 0.1) is 12.8 Å². The second-order valence-corrected chi connectivity index (χ2v) is 6.79. The molecule has 1 fully saturated rings. The SMILES string of the molecule is COc1nccc(N(C)C)c1NC1CCN(Cc2ccccc2)CC1. The molecule has 1 aliphatic rings. The first-order chi connectivity index (χ1) is 12.2. The van der Waals surface area contributed by atoms with Crippen molar-refractivity contribution < 1.29 is 4.74 Å². The van der Waals surface area contributed by atoms with E-state index in [1.807, 2.05) is 20.2 Å². The number of ether oxygens (including phenoxy) is 1. The summed E-state index contributed by atoms with van der Waals surface area (Å²) in [7, 11) is 5.76. The minimum absolute atomic E-state index is 0.448. The summed E-state index contributed by atoms with van der Waals surface area (Å²) in [6.07, 6.45) is 4.04. The Balaban J connectivity index is 1.61. The number of hydrogen-bond acceptors (Lipinski definition) is 5. The first-order valence-corrected chi connectivity index (χ1v) is 8.90. The van der Waals surface area contributed by atoms with Crippen LogP contribution in [0.3, 0.4) is 0 Å². The van der Waals surface area contributed by atoms with Crippen LogP contribution in [0.1, 0.15) is 18.4 Å². The summed E-state index contributed by atoms with van der Waals surface area (Å²) in [6, 6.07) is 13.2. The fraction of sp³-hybridized carbons (Fsp3) is 0.450. The van der Waals surface area contributed by atoms with Gasteiger partial charge in [-0.3, -0.25) is 4.90 Å². The standard InChI is InChI=1S/C20H28N4O/c1-23(2)18-9-12-21-20(25-3)19(18)22-17-10-13-24(14-11-17)15-16-7-5-4-6-8-16/h4-9,12,17,22H,10-11,13-15H2,1-3H3. The van der Waals surface area contributed by atoms with Crippen LogP contribution in [0.25, 0.3) is 0 Å². The smallest absolute Gasteiger partial charge is 0.239 e. The highest BCUT2D eigenvalue weighted by Gasteiger charge is 2.22. The molecule has 1 aliphatic heterocycles. The Morgan fingerprint density at radius 3 is 2.52 bits per heavy atom. The molecule has 0 aliphatic carbocycles. The summed E-state index contributed by atoms with van der Waals surface area (Å²) in [5.74, 6) is 0.665. The molecule has 3 rings (SSSR count). The Hall–Kier alpha value is -2.27. The Kier molecular flexibility index (Phi) is 5.76. The largest absolute Gasteiger partial charge is 0.479 e. The van der Waals surface area contributed by atoms with E-state index < -0.39 is 0 Å². The second kappa shape index (κ2) is 8.21. The van der Waals surface area contributed by atoms with Gasteiger partial charge in [-0.25, -0.2) is 4.98 Å². The van der Waals surface area contributed by atoms with Gasteiger partial charge in [0, 0.05) is 46.0 Å². The van der Waals surface area contributed by atoms with Gasteiger partial charge in [-0.1, -0.05) is 30.3 Å². The zero-order valence-corrected chi connectivity index (χ0v) is 15.4. The van der Waals surface area contributed by atoms with Crippen molar-refractivity contribution in [3.8, 4) is 5.88 Å². The number of nitrogens with one attached hydrogen (secondary N) is 1. The van der Waals surface area contributed by atoms with Crippen LogP contribution in [0.4, 0.5) is 11.4 Å². The molecule has 0 unspecified atom stereocenters. The summed E-state index contributed by atoms with van der Waals surface area (Å²) < 4.78 is 5.47. The molecule has 0 saturated carbocycles. The van der Waals surface area contributed by atoms with E-state index >= 15 is 0 Å². The maximum Gasteiger partial charge on any atom is 0.239 e. The third-order valence-corrected chi connectivity index (χ3v) is 4.75. The van der Waals surface area contributed by atoms with Gasteiger partial charge >= 0.3 is 0 Å². The van der Waals surface area contributed by atoms with E-state index in [2.05, 4.69) is 50.4 Å². The van der Waals surface area contributed by atoms with Crippen LogP contribution in [0.15, 0.2) is 42.6 Å². The zero-order chi connectivity index (χ0) is 17.6. The fourth-order valence-electron chi connectivity index (χ4n) is 3.38. The Bertz CT molecular complexity index is 667. The van der Waals surface area contributed by atoms with E-state index in [-0.39, 0.29) is 0 Å². The number of methoxy groups -OCH3 is 1. The number of likely N-dealkylation sites (tertiary alicyclic amines) is 1. The van der Waals surface area contributed by atoms with Crippen LogP contribution < -0.4 is 15.0 Å². The Morgan fingerprint density at radius 2 is 1.88 bits per heavy atom. The van der Waals surface area contributed by atoms with E-state index in [4.69, 9.17) is 4.74 Å². The molecule has 5 heteroatoms. The molecule has 0 amide bonds. The molecule has 1 N–H and O–H groups in total. The van der Waals surface area contributed by atoms with Crippen molar-refractivity contribution in [3.05, 3.63) is 48.2 Å². The Labute approximate surface area is 150 Å². The van der Waals surface area contributed by atoms with Crippen LogP contribution in [0, 0.1) is 0 Å². The molecular weight excluding hydrogens is 312 g/mol. The van der Waals surface area contributed by atoms with Crippen molar-refractivity contribution in [3.63, 3.8) is 0 Å². The molecular formula is C20H28N4O. The highest BCUT2D eigenvalue weighted by molar-refractivity contribution is 5.74. The predicted octanol–water partition coefficient (Wildman–Crippen LogP) is 3.23. The van der Waals surface area contributed by atoms with E-state index in [1.54, 1.807) is 13.3 Å². The molecule has 1 saturated heterocycles. The van der Waals surface area contributed by atoms with Crippen molar-refractivity contribution in [1.82, 2.24) is 9.88 Å². The van der Waals surface area contributed by atoms with Crippen LogP contribution in [-0.2, 0) is 6.54 Å². The van der Waals surface area contributed by atoms with Crippen LogP contribution >= 0.6 is 0 Å². The highest BCUT2D eigenvalue weighted by Crippen LogP contribution is 2.33. The van der Waals surface area contributed by atoms with Crippen molar-refractivity contribution >= 4 is 11.4 Å². The molecule has 0 atom stereocenters. The van der Waals surface area contributed by atoms with Gasteiger partial charge in [0.25, 0.3) is 0 Å². The Morgan fingerprint density at radius 1 is 1.16 bits per heavy atom. The highest BCUT2D eigenvalue weighted by atomic mass is 16.5. The van der Waals surface area contributed by atoms with Crippen molar-refractivity contribution in [1.29, 1.82) is 0 Å². The van der Waals surface area contributed by atoms with Crippen LogP contribution in [-0.4, -0.2) is 50.2 Å². The fourth-order valence-corrected chi connectivity index (χ4v) is 3.38. The zero-order valence-electron chi connectivity index (χ0n) is 15.4. The molecule has 0 radical (unpaired) electrons. The molecule has 1 aromatic heterocycles. The number of pyridine rings is 1. The number of anilines is 2. The summed E-state index contributed by atoms with van der Waals surface area (Å²) in [5.41, 5.74) is 3.49. The maximum atomic E-state index is 5.47. The van der Waals surface area contributed by atoms with Crippen LogP contribution in [0.5, 0.6) is 5.88 Å². The third-order valence-electron chi connectivity index (χ3n) is 4.75. The third kappa shape index (κ3) is 4.42. The molecule has 134 valence electrons. The molecule has 25 heavy (non-hydrogen) atoms. The summed E-state index contributed by atoms with van der Waals surface area (Å²) in [6.45, 7) is 3.24. The lowest BCUT2D eigenvalue weighted by atomic mass is 10.0. The molecule has 5 nitrogen and oxygen atoms in total. The van der Waals surface area contributed by atoms with Gasteiger partial charge in [-0.05, 0) is 24.5 Å². The van der Waals surface area contributed by atoms with Gasteiger partial charge in [0.2, 0.25) is 5.88 Å². The normalized spacial score (nSPS) is 15.8. The van der Waals surface area contributed by atoms with Crippen molar-refractivity contribution in [2.75, 3.05) is 44.5 Å². The van der Waals surface area contributed by atoms with Gasteiger partial charge in [-0.2, -0.15) is 0 Å². The van der Waals surface area contributed by atoms with Crippen molar-refractivity contribution in [2.24, 2.45) is 0 Å². The maximum absolute atomic E-state index is 5.47. The summed E-state index contributed by atoms with van der Waals surface area (Å²) in [4.78, 5) is 8.98. The van der Waals surface area contributed by atoms with Crippen molar-refractivity contribution in [2.45, 2.75) is 25.4 Å². The van der Waals surface area contributed by atoms with E-state index in [0.717, 1.165) is 43.9 Å². The lowest BCUT2D eigenvalue weighted by Crippen LogP contribution is -2.39. The molecule has 0 spiro atoms. The average molecular weight is 340 g/mol. The minimum Gasteiger partial charge on any atom is -0.479 e. The quantitative estimate of drug-likeness (QED) is 0.874. The molecule has 0 bridgehead atoms. The van der Waals surface area contributed by atoms with E-state index in [9.17, 15) is 0 Å². The number of aromatic nitrogens is 1. The topological polar surface area (TPSA) is 40.6 Å². The first-order valence-electron chi connectivity index (χ1n) is 8.90. The predicted molar refractivity (Wildman–Crippen MR) is 103 cm³/mol. The first kappa shape index (κ1) is 17.5. The number of piperidine rings is 1. The molecule has 2 aromatic rings. The summed E-state index contributed by atoms with van der Waals surface area (Å²) >= 11 is 0.